The van der Waals surface area contributed by atoms with Gasteiger partial charge in [-0.3, -0.25) is 4.99 Å². The van der Waals surface area contributed by atoms with Crippen LogP contribution in [0, 0.1) is 11.6 Å². The van der Waals surface area contributed by atoms with Gasteiger partial charge in [0, 0.05) is 25.7 Å². The van der Waals surface area contributed by atoms with Gasteiger partial charge in [-0.05, 0) is 23.8 Å². The normalized spacial score (nSPS) is 10.8. The third-order valence-corrected chi connectivity index (χ3v) is 3.10. The molecule has 0 aliphatic rings. The van der Waals surface area contributed by atoms with E-state index < -0.39 is 5.82 Å². The fraction of sp³-hybridized carbons (Fsp3) is 0.188. The molecule has 7 heteroatoms. The lowest BCUT2D eigenvalue weighted by atomic mass is 10.2. The molecular weight excluding hydrogens is 415 g/mol. The molecule has 0 unspecified atom stereocenters. The first-order valence-electron chi connectivity index (χ1n) is 6.75. The monoisotopic (exact) mass is 433 g/mol. The number of phenols is 1. The smallest absolute Gasteiger partial charge is 0.191 e. The van der Waals surface area contributed by atoms with Gasteiger partial charge in [-0.2, -0.15) is 0 Å². The zero-order valence-corrected chi connectivity index (χ0v) is 14.8. The Balaban J connectivity index is 0.00000264. The van der Waals surface area contributed by atoms with Crippen LogP contribution in [0.3, 0.4) is 0 Å². The lowest BCUT2D eigenvalue weighted by molar-refractivity contribution is 0.431. The Hall–Kier alpha value is -1.90. The Labute approximate surface area is 150 Å². The molecule has 0 saturated heterocycles. The number of hydrogen-bond acceptors (Lipinski definition) is 2. The first-order chi connectivity index (χ1) is 10.6. The molecule has 0 bridgehead atoms. The van der Waals surface area contributed by atoms with Crippen LogP contribution in [0.25, 0.3) is 0 Å². The number of halogens is 3. The number of nitrogens with one attached hydrogen (secondary N) is 2. The highest BCUT2D eigenvalue weighted by molar-refractivity contribution is 14.0. The zero-order valence-electron chi connectivity index (χ0n) is 12.5. The number of phenolic OH excluding ortho intramolecular Hbond substituents is 1. The van der Waals surface area contributed by atoms with E-state index in [1.165, 1.54) is 18.2 Å². The molecule has 0 atom stereocenters. The molecule has 23 heavy (non-hydrogen) atoms. The summed E-state index contributed by atoms with van der Waals surface area (Å²) in [6.45, 7) is 0.616. The number of rotatable bonds is 4. The molecule has 2 rings (SSSR count). The van der Waals surface area contributed by atoms with Gasteiger partial charge < -0.3 is 15.7 Å². The van der Waals surface area contributed by atoms with Crippen molar-refractivity contribution in [3.05, 3.63) is 65.2 Å². The highest BCUT2D eigenvalue weighted by atomic mass is 127. The zero-order chi connectivity index (χ0) is 15.9. The van der Waals surface area contributed by atoms with Crippen LogP contribution in [0.5, 0.6) is 5.75 Å². The number of nitrogens with zero attached hydrogens (tertiary/aromatic N) is 1. The van der Waals surface area contributed by atoms with Crippen molar-refractivity contribution in [2.75, 3.05) is 7.05 Å². The van der Waals surface area contributed by atoms with Crippen LogP contribution in [0.2, 0.25) is 0 Å². The van der Waals surface area contributed by atoms with Crippen LogP contribution in [0.15, 0.2) is 47.5 Å². The van der Waals surface area contributed by atoms with Crippen LogP contribution >= 0.6 is 24.0 Å². The lowest BCUT2D eigenvalue weighted by Gasteiger charge is -2.12. The highest BCUT2D eigenvalue weighted by Crippen LogP contribution is 2.15. The van der Waals surface area contributed by atoms with Crippen molar-refractivity contribution in [2.45, 2.75) is 13.1 Å². The van der Waals surface area contributed by atoms with Gasteiger partial charge in [-0.1, -0.05) is 24.3 Å². The van der Waals surface area contributed by atoms with Crippen LogP contribution in [-0.2, 0) is 13.1 Å². The van der Waals surface area contributed by atoms with Crippen LogP contribution in [-0.4, -0.2) is 18.1 Å². The highest BCUT2D eigenvalue weighted by Gasteiger charge is 2.04. The molecule has 0 aromatic heterocycles. The Morgan fingerprint density at radius 1 is 1.04 bits per heavy atom. The third kappa shape index (κ3) is 5.66. The van der Waals surface area contributed by atoms with Crippen LogP contribution < -0.4 is 10.6 Å². The van der Waals surface area contributed by atoms with Crippen molar-refractivity contribution >= 4 is 29.9 Å². The fourth-order valence-corrected chi connectivity index (χ4v) is 1.89. The summed E-state index contributed by atoms with van der Waals surface area (Å²) >= 11 is 0. The first-order valence-corrected chi connectivity index (χ1v) is 6.75. The molecule has 0 fully saturated rings. The Bertz CT molecular complexity index is 680. The molecule has 124 valence electrons. The number of aromatic hydroxyl groups is 1. The van der Waals surface area contributed by atoms with E-state index in [0.717, 1.165) is 0 Å². The number of hydrogen-bond donors (Lipinski definition) is 3. The number of guanidine groups is 1. The second-order valence-electron chi connectivity index (χ2n) is 4.66. The maximum absolute atomic E-state index is 13.5. The molecule has 0 aliphatic heterocycles. The van der Waals surface area contributed by atoms with E-state index >= 15 is 0 Å². The number of aliphatic imine (C=N–C) groups is 1. The summed E-state index contributed by atoms with van der Waals surface area (Å²) in [6, 6.07) is 10.6. The SMILES string of the molecule is CN=C(NCc1ccc(O)c(F)c1)NCc1ccccc1F.I. The summed E-state index contributed by atoms with van der Waals surface area (Å²) in [4.78, 5) is 4.02. The third-order valence-electron chi connectivity index (χ3n) is 3.10. The molecule has 0 amide bonds. The van der Waals surface area contributed by atoms with Gasteiger partial charge in [-0.25, -0.2) is 8.78 Å². The van der Waals surface area contributed by atoms with E-state index in [9.17, 15) is 8.78 Å². The van der Waals surface area contributed by atoms with E-state index in [-0.39, 0.29) is 42.1 Å². The molecule has 0 spiro atoms. The first kappa shape index (κ1) is 19.1. The van der Waals surface area contributed by atoms with Gasteiger partial charge in [0.25, 0.3) is 0 Å². The minimum Gasteiger partial charge on any atom is -0.505 e. The molecule has 0 heterocycles. The van der Waals surface area contributed by atoms with E-state index in [0.29, 0.717) is 23.6 Å². The van der Waals surface area contributed by atoms with Gasteiger partial charge in [-0.15, -0.1) is 24.0 Å². The van der Waals surface area contributed by atoms with Crippen molar-refractivity contribution in [3.63, 3.8) is 0 Å². The average Bonchev–Trinajstić information content (AvgIpc) is 2.52. The van der Waals surface area contributed by atoms with Gasteiger partial charge in [0.2, 0.25) is 0 Å². The summed E-state index contributed by atoms with van der Waals surface area (Å²) in [5.74, 6) is -0.873. The quantitative estimate of drug-likeness (QED) is 0.395. The van der Waals surface area contributed by atoms with Gasteiger partial charge >= 0.3 is 0 Å². The topological polar surface area (TPSA) is 56.7 Å². The molecule has 2 aromatic rings. The molecule has 3 N–H and O–H groups in total. The maximum Gasteiger partial charge on any atom is 0.191 e. The average molecular weight is 433 g/mol. The molecular formula is C16H18F2IN3O. The van der Waals surface area contributed by atoms with Gasteiger partial charge in [0.15, 0.2) is 17.5 Å². The van der Waals surface area contributed by atoms with Crippen LogP contribution in [0.4, 0.5) is 8.78 Å². The van der Waals surface area contributed by atoms with Crippen molar-refractivity contribution in [1.29, 1.82) is 0 Å². The minimum atomic E-state index is -0.673. The predicted molar refractivity (Wildman–Crippen MR) is 96.9 cm³/mol. The van der Waals surface area contributed by atoms with E-state index in [4.69, 9.17) is 5.11 Å². The number of benzene rings is 2. The van der Waals surface area contributed by atoms with E-state index in [2.05, 4.69) is 15.6 Å². The lowest BCUT2D eigenvalue weighted by Crippen LogP contribution is -2.36. The minimum absolute atomic E-state index is 0. The van der Waals surface area contributed by atoms with Gasteiger partial charge in [0.1, 0.15) is 5.82 Å². The fourth-order valence-electron chi connectivity index (χ4n) is 1.89. The molecule has 0 saturated carbocycles. The van der Waals surface area contributed by atoms with Crippen molar-refractivity contribution in [3.8, 4) is 5.75 Å². The molecule has 0 radical (unpaired) electrons. The summed E-state index contributed by atoms with van der Waals surface area (Å²) < 4.78 is 26.7. The maximum atomic E-state index is 13.5. The molecule has 0 aliphatic carbocycles. The summed E-state index contributed by atoms with van der Waals surface area (Å²) in [5.41, 5.74) is 1.19. The Kier molecular flexibility index (Phi) is 7.73. The van der Waals surface area contributed by atoms with Crippen molar-refractivity contribution in [2.24, 2.45) is 4.99 Å². The molecule has 2 aromatic carbocycles. The standard InChI is InChI=1S/C16H17F2N3O.HI/c1-19-16(21-10-12-4-2-3-5-13(12)17)20-9-11-6-7-15(22)14(18)8-11;/h2-8,22H,9-10H2,1H3,(H2,19,20,21);1H. The van der Waals surface area contributed by atoms with Gasteiger partial charge in [0.05, 0.1) is 0 Å². The van der Waals surface area contributed by atoms with E-state index in [1.807, 2.05) is 0 Å². The van der Waals surface area contributed by atoms with E-state index in [1.54, 1.807) is 31.3 Å². The molecule has 4 nitrogen and oxygen atoms in total. The second-order valence-corrected chi connectivity index (χ2v) is 4.66. The Morgan fingerprint density at radius 3 is 2.39 bits per heavy atom. The summed E-state index contributed by atoms with van der Waals surface area (Å²) in [6.07, 6.45) is 0. The largest absolute Gasteiger partial charge is 0.505 e. The van der Waals surface area contributed by atoms with Crippen molar-refractivity contribution in [1.82, 2.24) is 10.6 Å². The van der Waals surface area contributed by atoms with Crippen LogP contribution in [0.1, 0.15) is 11.1 Å². The Morgan fingerprint density at radius 2 is 1.74 bits per heavy atom. The van der Waals surface area contributed by atoms with Crippen molar-refractivity contribution < 1.29 is 13.9 Å². The summed E-state index contributed by atoms with van der Waals surface area (Å²) in [7, 11) is 1.59. The summed E-state index contributed by atoms with van der Waals surface area (Å²) in [5, 5.41) is 15.1. The predicted octanol–water partition coefficient (Wildman–Crippen LogP) is 3.15. The second kappa shape index (κ2) is 9.29.